The molecule has 6 heteroatoms. The van der Waals surface area contributed by atoms with Crippen molar-refractivity contribution in [2.24, 2.45) is 0 Å². The maximum atomic E-state index is 12.8. The van der Waals surface area contributed by atoms with Crippen molar-refractivity contribution in [1.82, 2.24) is 20.4 Å². The Hall–Kier alpha value is -1.92. The number of hydrogen-bond acceptors (Lipinski definition) is 4. The minimum absolute atomic E-state index is 0.119. The lowest BCUT2D eigenvalue weighted by Crippen LogP contribution is -2.34. The Morgan fingerprint density at radius 2 is 0.720 bits per heavy atom. The van der Waals surface area contributed by atoms with Crippen LogP contribution in [0.3, 0.4) is 0 Å². The third-order valence-corrected chi connectivity index (χ3v) is 10.2. The second-order valence-corrected chi connectivity index (χ2v) is 15.2. The predicted octanol–water partition coefficient (Wildman–Crippen LogP) is 11.2. The van der Waals surface area contributed by atoms with Gasteiger partial charge in [0.1, 0.15) is 0 Å². The number of nitrogens with zero attached hydrogens (tertiary/aromatic N) is 2. The molecule has 1 aromatic rings. The molecule has 2 N–H and O–H groups in total. The first-order chi connectivity index (χ1) is 24.5. The van der Waals surface area contributed by atoms with E-state index in [0.717, 1.165) is 26.2 Å². The molecule has 0 radical (unpaired) electrons. The lowest BCUT2D eigenvalue weighted by Gasteiger charge is -2.17. The fourth-order valence-electron chi connectivity index (χ4n) is 6.75. The van der Waals surface area contributed by atoms with Crippen molar-refractivity contribution in [3.05, 3.63) is 35.4 Å². The smallest absolute Gasteiger partial charge is 0.251 e. The number of nitrogens with one attached hydrogen (secondary N) is 2. The van der Waals surface area contributed by atoms with E-state index < -0.39 is 0 Å². The topological polar surface area (TPSA) is 64.7 Å². The molecule has 0 unspecified atom stereocenters. The molecular formula is C44H82N4O2. The number of rotatable bonds is 36. The molecule has 0 saturated heterocycles. The molecule has 0 aliphatic carbocycles. The van der Waals surface area contributed by atoms with Crippen molar-refractivity contribution in [2.75, 3.05) is 53.4 Å². The van der Waals surface area contributed by atoms with E-state index in [4.69, 9.17) is 0 Å². The normalized spacial score (nSPS) is 11.5. The molecule has 0 aliphatic rings. The number of carbonyl (C=O) groups excluding carboxylic acids is 2. The molecule has 0 spiro atoms. The summed E-state index contributed by atoms with van der Waals surface area (Å²) in [6.45, 7) is 9.57. The van der Waals surface area contributed by atoms with Crippen molar-refractivity contribution < 1.29 is 9.59 Å². The van der Waals surface area contributed by atoms with Gasteiger partial charge in [-0.3, -0.25) is 9.59 Å². The molecule has 0 saturated carbocycles. The average Bonchev–Trinajstić information content (AvgIpc) is 3.12. The van der Waals surface area contributed by atoms with Crippen LogP contribution in [0.2, 0.25) is 0 Å². The summed E-state index contributed by atoms with van der Waals surface area (Å²) in [5, 5.41) is 6.07. The van der Waals surface area contributed by atoms with Crippen LogP contribution >= 0.6 is 0 Å². The first-order valence-electron chi connectivity index (χ1n) is 21.5. The third-order valence-electron chi connectivity index (χ3n) is 10.2. The van der Waals surface area contributed by atoms with Gasteiger partial charge in [-0.2, -0.15) is 0 Å². The van der Waals surface area contributed by atoms with Crippen molar-refractivity contribution in [3.8, 4) is 0 Å². The standard InChI is InChI=1S/C44H82N4O2/c1-5-7-9-11-13-15-17-19-21-23-25-27-29-36-47(3)38-34-45-43(49)41-32-31-33-42(40-41)44(50)46-35-39-48(4)37-30-28-26-24-22-20-18-16-14-12-10-8-6-2/h31-33,40H,5-30,34-39H2,1-4H3,(H,45,49)(H,46,50). The van der Waals surface area contributed by atoms with Gasteiger partial charge in [0.25, 0.3) is 11.8 Å². The average molecular weight is 699 g/mol. The first kappa shape index (κ1) is 46.1. The molecule has 2 amide bonds. The van der Waals surface area contributed by atoms with Crippen LogP contribution in [0.25, 0.3) is 0 Å². The quantitative estimate of drug-likeness (QED) is 0.0685. The fraction of sp³-hybridized carbons (Fsp3) is 0.818. The fourth-order valence-corrected chi connectivity index (χ4v) is 6.75. The summed E-state index contributed by atoms with van der Waals surface area (Å²) in [6, 6.07) is 7.07. The number of benzene rings is 1. The van der Waals surface area contributed by atoms with Gasteiger partial charge in [-0.25, -0.2) is 0 Å². The molecule has 0 atom stereocenters. The van der Waals surface area contributed by atoms with Gasteiger partial charge in [0.2, 0.25) is 0 Å². The lowest BCUT2D eigenvalue weighted by molar-refractivity contribution is 0.0949. The van der Waals surface area contributed by atoms with Gasteiger partial charge in [-0.1, -0.05) is 174 Å². The minimum Gasteiger partial charge on any atom is -0.351 e. The molecule has 1 aromatic carbocycles. The van der Waals surface area contributed by atoms with E-state index in [1.807, 2.05) is 0 Å². The van der Waals surface area contributed by atoms with Crippen LogP contribution in [0.1, 0.15) is 202 Å². The van der Waals surface area contributed by atoms with Crippen LogP contribution in [0, 0.1) is 0 Å². The second-order valence-electron chi connectivity index (χ2n) is 15.2. The lowest BCUT2D eigenvalue weighted by atomic mass is 10.0. The van der Waals surface area contributed by atoms with Crippen LogP contribution in [-0.4, -0.2) is 75.0 Å². The molecule has 0 bridgehead atoms. The summed E-state index contributed by atoms with van der Waals surface area (Å²) in [5.41, 5.74) is 1.08. The van der Waals surface area contributed by atoms with E-state index in [0.29, 0.717) is 24.2 Å². The number of unbranched alkanes of at least 4 members (excludes halogenated alkanes) is 24. The highest BCUT2D eigenvalue weighted by molar-refractivity contribution is 5.99. The Morgan fingerprint density at radius 3 is 1.02 bits per heavy atom. The molecule has 0 heterocycles. The molecule has 50 heavy (non-hydrogen) atoms. The monoisotopic (exact) mass is 699 g/mol. The Labute approximate surface area is 310 Å². The summed E-state index contributed by atoms with van der Waals surface area (Å²) in [7, 11) is 4.27. The predicted molar refractivity (Wildman–Crippen MR) is 217 cm³/mol. The van der Waals surface area contributed by atoms with E-state index in [9.17, 15) is 9.59 Å². The van der Waals surface area contributed by atoms with Crippen molar-refractivity contribution in [2.45, 2.75) is 181 Å². The Bertz CT molecular complexity index is 854. The molecule has 0 aliphatic heterocycles. The second kappa shape index (κ2) is 34.2. The van der Waals surface area contributed by atoms with Crippen molar-refractivity contribution >= 4 is 11.8 Å². The van der Waals surface area contributed by atoms with Gasteiger partial charge < -0.3 is 20.4 Å². The third kappa shape index (κ3) is 27.8. The zero-order chi connectivity index (χ0) is 36.3. The van der Waals surface area contributed by atoms with Gasteiger partial charge in [0.05, 0.1) is 0 Å². The Balaban J connectivity index is 2.05. The summed E-state index contributed by atoms with van der Waals surface area (Å²) in [5.74, 6) is -0.238. The Morgan fingerprint density at radius 1 is 0.440 bits per heavy atom. The highest BCUT2D eigenvalue weighted by atomic mass is 16.2. The van der Waals surface area contributed by atoms with Crippen LogP contribution < -0.4 is 10.6 Å². The van der Waals surface area contributed by atoms with Crippen molar-refractivity contribution in [3.63, 3.8) is 0 Å². The van der Waals surface area contributed by atoms with E-state index in [1.165, 1.54) is 167 Å². The Kier molecular flexibility index (Phi) is 31.5. The van der Waals surface area contributed by atoms with E-state index in [2.05, 4.69) is 48.4 Å². The highest BCUT2D eigenvalue weighted by Crippen LogP contribution is 2.14. The molecule has 0 fully saturated rings. The zero-order valence-electron chi connectivity index (χ0n) is 33.6. The maximum Gasteiger partial charge on any atom is 0.251 e. The summed E-state index contributed by atoms with van der Waals surface area (Å²) in [4.78, 5) is 30.2. The van der Waals surface area contributed by atoms with E-state index in [1.54, 1.807) is 24.3 Å². The van der Waals surface area contributed by atoms with Crippen LogP contribution in [0.5, 0.6) is 0 Å². The van der Waals surface area contributed by atoms with E-state index >= 15 is 0 Å². The van der Waals surface area contributed by atoms with Crippen LogP contribution in [-0.2, 0) is 0 Å². The number of likely N-dealkylation sites (N-methyl/N-ethyl adjacent to an activating group) is 2. The van der Waals surface area contributed by atoms with Gasteiger partial charge in [0.15, 0.2) is 0 Å². The van der Waals surface area contributed by atoms with Gasteiger partial charge in [-0.15, -0.1) is 0 Å². The van der Waals surface area contributed by atoms with Gasteiger partial charge in [-0.05, 0) is 58.2 Å². The highest BCUT2D eigenvalue weighted by Gasteiger charge is 2.11. The molecular weight excluding hydrogens is 617 g/mol. The molecule has 290 valence electrons. The summed E-state index contributed by atoms with van der Waals surface area (Å²) in [6.07, 6.45) is 35.7. The maximum absolute atomic E-state index is 12.8. The number of carbonyl (C=O) groups is 2. The summed E-state index contributed by atoms with van der Waals surface area (Å²) < 4.78 is 0. The van der Waals surface area contributed by atoms with E-state index in [-0.39, 0.29) is 11.8 Å². The zero-order valence-corrected chi connectivity index (χ0v) is 33.6. The first-order valence-corrected chi connectivity index (χ1v) is 21.5. The van der Waals surface area contributed by atoms with Gasteiger partial charge >= 0.3 is 0 Å². The number of hydrogen-bond donors (Lipinski definition) is 2. The molecule has 0 aromatic heterocycles. The van der Waals surface area contributed by atoms with Crippen LogP contribution in [0.4, 0.5) is 0 Å². The largest absolute Gasteiger partial charge is 0.351 e. The summed E-state index contributed by atoms with van der Waals surface area (Å²) >= 11 is 0. The van der Waals surface area contributed by atoms with Crippen molar-refractivity contribution in [1.29, 1.82) is 0 Å². The van der Waals surface area contributed by atoms with Gasteiger partial charge in [0, 0.05) is 37.3 Å². The van der Waals surface area contributed by atoms with Crippen LogP contribution in [0.15, 0.2) is 24.3 Å². The SMILES string of the molecule is CCCCCCCCCCCCCCCN(C)CCNC(=O)c1cccc(C(=O)NCCN(C)CCCCCCCCCCCCCCC)c1. The number of amides is 2. The molecule has 6 nitrogen and oxygen atoms in total. The molecule has 1 rings (SSSR count). The minimum atomic E-state index is -0.119.